The van der Waals surface area contributed by atoms with E-state index in [0.29, 0.717) is 30.6 Å². The van der Waals surface area contributed by atoms with Crippen molar-refractivity contribution < 1.29 is 22.0 Å². The predicted octanol–water partition coefficient (Wildman–Crippen LogP) is 3.84. The standard InChI is InChI=1S/C22H23ClFN3O5S/c1-2-27-19-6-4-16(13-20(19)32-22(27)29)33(30,31)26-9-7-14(8-10-26)11-21(28)25-15-3-5-18(24)17(23)12-15/h3-6,12-14H,2,7-11H2,1H3,(H,25,28). The summed E-state index contributed by atoms with van der Waals surface area (Å²) in [5.41, 5.74) is 1.19. The van der Waals surface area contributed by atoms with Crippen LogP contribution >= 0.6 is 11.6 Å². The Morgan fingerprint density at radius 3 is 2.61 bits per heavy atom. The second-order valence-electron chi connectivity index (χ2n) is 7.97. The van der Waals surface area contributed by atoms with E-state index in [0.717, 1.165) is 0 Å². The van der Waals surface area contributed by atoms with Gasteiger partial charge in [0.25, 0.3) is 0 Å². The van der Waals surface area contributed by atoms with Crippen molar-refractivity contribution in [3.63, 3.8) is 0 Å². The van der Waals surface area contributed by atoms with Gasteiger partial charge in [0.05, 0.1) is 15.4 Å². The van der Waals surface area contributed by atoms with Crippen LogP contribution in [0.3, 0.4) is 0 Å². The zero-order valence-corrected chi connectivity index (χ0v) is 19.5. The van der Waals surface area contributed by atoms with Crippen LogP contribution < -0.4 is 11.1 Å². The number of sulfonamides is 1. The molecule has 0 radical (unpaired) electrons. The van der Waals surface area contributed by atoms with Crippen molar-refractivity contribution in [1.82, 2.24) is 8.87 Å². The Kier molecular flexibility index (Phi) is 6.60. The molecule has 1 saturated heterocycles. The first kappa shape index (κ1) is 23.5. The zero-order chi connectivity index (χ0) is 23.8. The first-order chi connectivity index (χ1) is 15.7. The van der Waals surface area contributed by atoms with Crippen LogP contribution in [0.1, 0.15) is 26.2 Å². The lowest BCUT2D eigenvalue weighted by Gasteiger charge is -2.31. The number of hydrogen-bond donors (Lipinski definition) is 1. The zero-order valence-electron chi connectivity index (χ0n) is 17.9. The van der Waals surface area contributed by atoms with Crippen LogP contribution in [0.2, 0.25) is 5.02 Å². The summed E-state index contributed by atoms with van der Waals surface area (Å²) in [5, 5.41) is 2.62. The number of halogens is 2. The van der Waals surface area contributed by atoms with E-state index in [4.69, 9.17) is 16.0 Å². The maximum Gasteiger partial charge on any atom is 0.419 e. The molecule has 1 aliphatic rings. The molecule has 2 aromatic carbocycles. The number of carbonyl (C=O) groups is 1. The van der Waals surface area contributed by atoms with Gasteiger partial charge >= 0.3 is 5.76 Å². The van der Waals surface area contributed by atoms with Gasteiger partial charge in [0.1, 0.15) is 5.82 Å². The van der Waals surface area contributed by atoms with Crippen molar-refractivity contribution in [2.45, 2.75) is 37.6 Å². The molecule has 0 saturated carbocycles. The lowest BCUT2D eigenvalue weighted by Crippen LogP contribution is -2.39. The van der Waals surface area contributed by atoms with Crippen molar-refractivity contribution in [3.8, 4) is 0 Å². The Morgan fingerprint density at radius 2 is 1.94 bits per heavy atom. The lowest BCUT2D eigenvalue weighted by molar-refractivity contribution is -0.117. The number of anilines is 1. The molecule has 33 heavy (non-hydrogen) atoms. The predicted molar refractivity (Wildman–Crippen MR) is 122 cm³/mol. The molecule has 0 spiro atoms. The summed E-state index contributed by atoms with van der Waals surface area (Å²) in [4.78, 5) is 24.3. The number of nitrogens with zero attached hydrogens (tertiary/aromatic N) is 2. The number of nitrogens with one attached hydrogen (secondary N) is 1. The highest BCUT2D eigenvalue weighted by atomic mass is 35.5. The number of oxazole rings is 1. The van der Waals surface area contributed by atoms with Gasteiger partial charge in [0, 0.05) is 37.8 Å². The highest BCUT2D eigenvalue weighted by Crippen LogP contribution is 2.28. The summed E-state index contributed by atoms with van der Waals surface area (Å²) in [6.07, 6.45) is 1.28. The van der Waals surface area contributed by atoms with Crippen molar-refractivity contribution >= 4 is 44.3 Å². The van der Waals surface area contributed by atoms with Crippen LogP contribution in [0.4, 0.5) is 10.1 Å². The van der Waals surface area contributed by atoms with Crippen molar-refractivity contribution in [3.05, 3.63) is 57.8 Å². The average Bonchev–Trinajstić information content (AvgIpc) is 3.10. The largest absolute Gasteiger partial charge is 0.419 e. The van der Waals surface area contributed by atoms with Crippen LogP contribution in [-0.4, -0.2) is 36.3 Å². The van der Waals surface area contributed by atoms with Gasteiger partial charge in [0.2, 0.25) is 15.9 Å². The Balaban J connectivity index is 1.38. The number of aryl methyl sites for hydroxylation is 1. The van der Waals surface area contributed by atoms with E-state index in [1.54, 1.807) is 13.0 Å². The number of piperidine rings is 1. The second-order valence-corrected chi connectivity index (χ2v) is 10.3. The van der Waals surface area contributed by atoms with Crippen LogP contribution in [0.15, 0.2) is 50.5 Å². The topological polar surface area (TPSA) is 102 Å². The fourth-order valence-corrected chi connectivity index (χ4v) is 5.72. The van der Waals surface area contributed by atoms with Crippen LogP contribution in [-0.2, 0) is 21.4 Å². The molecule has 176 valence electrons. The summed E-state index contributed by atoms with van der Waals surface area (Å²) >= 11 is 5.74. The normalized spacial score (nSPS) is 15.7. The minimum Gasteiger partial charge on any atom is -0.408 e. The molecule has 4 rings (SSSR count). The number of hydrogen-bond acceptors (Lipinski definition) is 5. The molecule has 0 aliphatic carbocycles. The third-order valence-electron chi connectivity index (χ3n) is 5.84. The minimum absolute atomic E-state index is 0.0199. The van der Waals surface area contributed by atoms with Crippen molar-refractivity contribution in [2.75, 3.05) is 18.4 Å². The van der Waals surface area contributed by atoms with Gasteiger partial charge in [-0.3, -0.25) is 9.36 Å². The summed E-state index contributed by atoms with van der Waals surface area (Å²) in [6.45, 7) is 2.79. The first-order valence-corrected chi connectivity index (χ1v) is 12.4. The molecule has 11 heteroatoms. The molecule has 0 atom stereocenters. The lowest BCUT2D eigenvalue weighted by atomic mass is 9.94. The van der Waals surface area contributed by atoms with Gasteiger partial charge in [0.15, 0.2) is 5.58 Å². The van der Waals surface area contributed by atoms with Gasteiger partial charge in [-0.2, -0.15) is 4.31 Å². The second kappa shape index (κ2) is 9.28. The molecular weight excluding hydrogens is 473 g/mol. The smallest absolute Gasteiger partial charge is 0.408 e. The molecule has 0 unspecified atom stereocenters. The average molecular weight is 496 g/mol. The van der Waals surface area contributed by atoms with Crippen LogP contribution in [0.5, 0.6) is 0 Å². The van der Waals surface area contributed by atoms with E-state index in [1.165, 1.54) is 39.2 Å². The van der Waals surface area contributed by atoms with Crippen LogP contribution in [0, 0.1) is 11.7 Å². The molecule has 1 aliphatic heterocycles. The molecule has 1 N–H and O–H groups in total. The van der Waals surface area contributed by atoms with Gasteiger partial charge < -0.3 is 9.73 Å². The van der Waals surface area contributed by atoms with E-state index < -0.39 is 21.6 Å². The van der Waals surface area contributed by atoms with Gasteiger partial charge in [-0.25, -0.2) is 17.6 Å². The molecular formula is C22H23ClFN3O5S. The fraction of sp³-hybridized carbons (Fsp3) is 0.364. The number of amides is 1. The Hall–Kier alpha value is -2.69. The summed E-state index contributed by atoms with van der Waals surface area (Å²) in [5.74, 6) is -1.30. The Bertz CT molecular complexity index is 1360. The number of benzene rings is 2. The fourth-order valence-electron chi connectivity index (χ4n) is 4.06. The molecule has 1 amide bonds. The van der Waals surface area contributed by atoms with Gasteiger partial charge in [-0.1, -0.05) is 11.6 Å². The molecule has 1 aromatic heterocycles. The van der Waals surface area contributed by atoms with E-state index in [9.17, 15) is 22.4 Å². The maximum atomic E-state index is 13.3. The van der Waals surface area contributed by atoms with Gasteiger partial charge in [-0.15, -0.1) is 0 Å². The summed E-state index contributed by atoms with van der Waals surface area (Å²) < 4.78 is 47.5. The number of aromatic nitrogens is 1. The SMILES string of the molecule is CCn1c(=O)oc2cc(S(=O)(=O)N3CCC(CC(=O)Nc4ccc(F)c(Cl)c4)CC3)ccc21. The Morgan fingerprint density at radius 1 is 1.21 bits per heavy atom. The summed E-state index contributed by atoms with van der Waals surface area (Å²) in [6, 6.07) is 8.40. The third kappa shape index (κ3) is 4.83. The van der Waals surface area contributed by atoms with Gasteiger partial charge in [-0.05, 0) is 56.0 Å². The van der Waals surface area contributed by atoms with E-state index in [-0.39, 0.29) is 46.8 Å². The maximum absolute atomic E-state index is 13.3. The molecule has 0 bridgehead atoms. The quantitative estimate of drug-likeness (QED) is 0.560. The Labute approximate surface area is 195 Å². The summed E-state index contributed by atoms with van der Waals surface area (Å²) in [7, 11) is -3.76. The molecule has 3 aromatic rings. The number of rotatable bonds is 6. The third-order valence-corrected chi connectivity index (χ3v) is 8.03. The van der Waals surface area contributed by atoms with Crippen molar-refractivity contribution in [2.24, 2.45) is 5.92 Å². The van der Waals surface area contributed by atoms with Crippen LogP contribution in [0.25, 0.3) is 11.1 Å². The molecule has 1 fully saturated rings. The van der Waals surface area contributed by atoms with E-state index in [2.05, 4.69) is 5.32 Å². The highest BCUT2D eigenvalue weighted by Gasteiger charge is 2.31. The first-order valence-electron chi connectivity index (χ1n) is 10.6. The van der Waals surface area contributed by atoms with E-state index >= 15 is 0 Å². The highest BCUT2D eigenvalue weighted by molar-refractivity contribution is 7.89. The number of fused-ring (bicyclic) bond motifs is 1. The van der Waals surface area contributed by atoms with Crippen molar-refractivity contribution in [1.29, 1.82) is 0 Å². The monoisotopic (exact) mass is 495 g/mol. The minimum atomic E-state index is -3.76. The molecule has 8 nitrogen and oxygen atoms in total. The number of carbonyl (C=O) groups excluding carboxylic acids is 1. The molecule has 2 heterocycles. The van der Waals surface area contributed by atoms with E-state index in [1.807, 2.05) is 0 Å².